The van der Waals surface area contributed by atoms with E-state index in [1.54, 1.807) is 0 Å². The van der Waals surface area contributed by atoms with E-state index in [4.69, 9.17) is 0 Å². The van der Waals surface area contributed by atoms with Gasteiger partial charge in [0.15, 0.2) is 0 Å². The van der Waals surface area contributed by atoms with Crippen molar-refractivity contribution < 1.29 is 0 Å². The van der Waals surface area contributed by atoms with Crippen molar-refractivity contribution in [3.63, 3.8) is 0 Å². The number of likely N-dealkylation sites (N-methyl/N-ethyl adjacent to an activating group) is 1. The third kappa shape index (κ3) is 1.11. The van der Waals surface area contributed by atoms with Gasteiger partial charge in [0.25, 0.3) is 0 Å². The normalized spacial score (nSPS) is 43.0. The molecular weight excluding hydrogens is 110 g/mol. The molecule has 0 aromatic carbocycles. The molecule has 0 aliphatic carbocycles. The molecule has 1 heterocycles. The minimum absolute atomic E-state index is 0.480. The van der Waals surface area contributed by atoms with E-state index in [1.807, 2.05) is 0 Å². The van der Waals surface area contributed by atoms with Gasteiger partial charge in [0.1, 0.15) is 0 Å². The summed E-state index contributed by atoms with van der Waals surface area (Å²) in [4.78, 5) is 2.42. The van der Waals surface area contributed by atoms with Crippen LogP contribution in [0.4, 0.5) is 0 Å². The van der Waals surface area contributed by atoms with Crippen LogP contribution in [0.25, 0.3) is 0 Å². The lowest BCUT2D eigenvalue weighted by molar-refractivity contribution is 0.350. The molecule has 0 saturated carbocycles. The summed E-state index contributed by atoms with van der Waals surface area (Å²) < 4.78 is 0. The summed E-state index contributed by atoms with van der Waals surface area (Å²) in [5.41, 5.74) is 0.480. The van der Waals surface area contributed by atoms with Gasteiger partial charge in [-0.05, 0) is 19.4 Å². The average Bonchev–Trinajstić information content (AvgIpc) is 2.11. The average molecular weight is 127 g/mol. The largest absolute Gasteiger partial charge is 0.297 e. The van der Waals surface area contributed by atoms with Crippen LogP contribution in [0.2, 0.25) is 0 Å². The van der Waals surface area contributed by atoms with Crippen LogP contribution in [0.1, 0.15) is 27.7 Å². The van der Waals surface area contributed by atoms with Crippen molar-refractivity contribution in [3.8, 4) is 0 Å². The van der Waals surface area contributed by atoms with Crippen molar-refractivity contribution in [3.05, 3.63) is 0 Å². The van der Waals surface area contributed by atoms with Gasteiger partial charge < -0.3 is 0 Å². The Morgan fingerprint density at radius 2 is 1.56 bits per heavy atom. The molecule has 0 radical (unpaired) electrons. The highest BCUT2D eigenvalue weighted by Crippen LogP contribution is 2.39. The van der Waals surface area contributed by atoms with Gasteiger partial charge in [-0.15, -0.1) is 0 Å². The van der Waals surface area contributed by atoms with Gasteiger partial charge in [0.2, 0.25) is 0 Å². The van der Waals surface area contributed by atoms with Crippen molar-refractivity contribution in [1.82, 2.24) is 4.90 Å². The summed E-state index contributed by atoms with van der Waals surface area (Å²) in [6.45, 7) is 9.20. The van der Waals surface area contributed by atoms with Crippen LogP contribution in [0.3, 0.4) is 0 Å². The van der Waals surface area contributed by atoms with Crippen molar-refractivity contribution >= 4 is 0 Å². The third-order valence-corrected chi connectivity index (χ3v) is 2.34. The molecule has 1 heteroatoms. The summed E-state index contributed by atoms with van der Waals surface area (Å²) >= 11 is 0. The Hall–Kier alpha value is -0.0400. The standard InChI is InChI=1S/C8H17N/c1-6-7(9(6)5)8(2,3)4/h6-7H,1-5H3. The van der Waals surface area contributed by atoms with E-state index >= 15 is 0 Å². The zero-order chi connectivity index (χ0) is 7.23. The number of nitrogens with zero attached hydrogens (tertiary/aromatic N) is 1. The van der Waals surface area contributed by atoms with Gasteiger partial charge in [-0.25, -0.2) is 0 Å². The van der Waals surface area contributed by atoms with Gasteiger partial charge >= 0.3 is 0 Å². The smallest absolute Gasteiger partial charge is 0.0297 e. The molecule has 3 unspecified atom stereocenters. The molecule has 0 spiro atoms. The number of hydrogen-bond donors (Lipinski definition) is 0. The molecule has 3 atom stereocenters. The molecule has 0 aromatic rings. The van der Waals surface area contributed by atoms with Crippen LogP contribution >= 0.6 is 0 Å². The zero-order valence-electron chi connectivity index (χ0n) is 7.10. The monoisotopic (exact) mass is 127 g/mol. The van der Waals surface area contributed by atoms with E-state index in [-0.39, 0.29) is 0 Å². The second-order valence-electron chi connectivity index (χ2n) is 4.22. The Bertz CT molecular complexity index is 104. The minimum Gasteiger partial charge on any atom is -0.297 e. The Labute approximate surface area is 58.0 Å². The molecule has 0 bridgehead atoms. The molecule has 9 heavy (non-hydrogen) atoms. The molecule has 1 fully saturated rings. The van der Waals surface area contributed by atoms with Crippen LogP contribution in [-0.4, -0.2) is 24.0 Å². The van der Waals surface area contributed by atoms with E-state index in [0.717, 1.165) is 12.1 Å². The maximum absolute atomic E-state index is 2.42. The van der Waals surface area contributed by atoms with Crippen LogP contribution in [0.15, 0.2) is 0 Å². The highest BCUT2D eigenvalue weighted by Gasteiger charge is 2.47. The maximum Gasteiger partial charge on any atom is 0.0297 e. The van der Waals surface area contributed by atoms with Crippen molar-refractivity contribution in [2.45, 2.75) is 39.8 Å². The molecule has 1 aliphatic rings. The Morgan fingerprint density at radius 1 is 1.22 bits per heavy atom. The van der Waals surface area contributed by atoms with E-state index in [9.17, 15) is 0 Å². The van der Waals surface area contributed by atoms with E-state index < -0.39 is 0 Å². The lowest BCUT2D eigenvalue weighted by Gasteiger charge is -2.16. The van der Waals surface area contributed by atoms with Gasteiger partial charge in [-0.2, -0.15) is 0 Å². The lowest BCUT2D eigenvalue weighted by atomic mass is 9.90. The summed E-state index contributed by atoms with van der Waals surface area (Å²) in [7, 11) is 2.20. The highest BCUT2D eigenvalue weighted by atomic mass is 15.3. The van der Waals surface area contributed by atoms with E-state index in [0.29, 0.717) is 5.41 Å². The molecule has 0 N–H and O–H groups in total. The highest BCUT2D eigenvalue weighted by molar-refractivity contribution is 5.03. The summed E-state index contributed by atoms with van der Waals surface area (Å²) in [6, 6.07) is 1.63. The number of hydrogen-bond acceptors (Lipinski definition) is 1. The molecule has 0 amide bonds. The predicted octanol–water partition coefficient (Wildman–Crippen LogP) is 1.74. The molecule has 1 aliphatic heterocycles. The first-order valence-electron chi connectivity index (χ1n) is 3.66. The SMILES string of the molecule is CC1C(C(C)(C)C)N1C. The molecule has 1 saturated heterocycles. The first-order chi connectivity index (χ1) is 3.94. The fourth-order valence-electron chi connectivity index (χ4n) is 1.83. The van der Waals surface area contributed by atoms with Crippen molar-refractivity contribution in [2.24, 2.45) is 5.41 Å². The van der Waals surface area contributed by atoms with Gasteiger partial charge in [0.05, 0.1) is 0 Å². The maximum atomic E-state index is 2.42. The van der Waals surface area contributed by atoms with Crippen molar-refractivity contribution in [2.75, 3.05) is 7.05 Å². The molecular formula is C8H17N. The van der Waals surface area contributed by atoms with Gasteiger partial charge in [-0.3, -0.25) is 4.90 Å². The third-order valence-electron chi connectivity index (χ3n) is 2.34. The van der Waals surface area contributed by atoms with Gasteiger partial charge in [-0.1, -0.05) is 20.8 Å². The topological polar surface area (TPSA) is 3.01 Å². The quantitative estimate of drug-likeness (QED) is 0.448. The lowest BCUT2D eigenvalue weighted by Crippen LogP contribution is -2.17. The second-order valence-corrected chi connectivity index (χ2v) is 4.22. The summed E-state index contributed by atoms with van der Waals surface area (Å²) in [5, 5.41) is 0. The Morgan fingerprint density at radius 3 is 1.56 bits per heavy atom. The first-order valence-corrected chi connectivity index (χ1v) is 3.66. The van der Waals surface area contributed by atoms with E-state index in [1.165, 1.54) is 0 Å². The number of rotatable bonds is 0. The Balaban J connectivity index is 2.50. The van der Waals surface area contributed by atoms with Crippen LogP contribution in [0.5, 0.6) is 0 Å². The molecule has 54 valence electrons. The molecule has 1 rings (SSSR count). The summed E-state index contributed by atoms with van der Waals surface area (Å²) in [6.07, 6.45) is 0. The summed E-state index contributed by atoms with van der Waals surface area (Å²) in [5.74, 6) is 0. The predicted molar refractivity (Wildman–Crippen MR) is 40.5 cm³/mol. The van der Waals surface area contributed by atoms with Crippen LogP contribution < -0.4 is 0 Å². The van der Waals surface area contributed by atoms with Crippen LogP contribution in [-0.2, 0) is 0 Å². The van der Waals surface area contributed by atoms with E-state index in [2.05, 4.69) is 39.6 Å². The fourth-order valence-corrected chi connectivity index (χ4v) is 1.83. The zero-order valence-corrected chi connectivity index (χ0v) is 7.10. The fraction of sp³-hybridized carbons (Fsp3) is 1.00. The molecule has 1 nitrogen and oxygen atoms in total. The van der Waals surface area contributed by atoms with Crippen LogP contribution in [0, 0.1) is 5.41 Å². The first kappa shape index (κ1) is 7.07. The van der Waals surface area contributed by atoms with Gasteiger partial charge in [0, 0.05) is 12.1 Å². The molecule has 0 aromatic heterocycles. The Kier molecular flexibility index (Phi) is 1.35. The minimum atomic E-state index is 0.480. The van der Waals surface area contributed by atoms with Crippen molar-refractivity contribution in [1.29, 1.82) is 0 Å². The second kappa shape index (κ2) is 1.72.